The summed E-state index contributed by atoms with van der Waals surface area (Å²) in [6.07, 6.45) is 6.52. The summed E-state index contributed by atoms with van der Waals surface area (Å²) >= 11 is 0. The van der Waals surface area contributed by atoms with Gasteiger partial charge in [0.2, 0.25) is 0 Å². The molecule has 0 aliphatic heterocycles. The minimum absolute atomic E-state index is 0.347. The number of nitrogens with zero attached hydrogens (tertiary/aromatic N) is 1. The number of rotatable bonds is 4. The number of hydrogen-bond donors (Lipinski definition) is 0. The number of methoxy groups -OCH3 is 1. The molecule has 5 heteroatoms. The first-order chi connectivity index (χ1) is 10.7. The van der Waals surface area contributed by atoms with Crippen LogP contribution < -0.4 is 4.74 Å². The fraction of sp³-hybridized carbons (Fsp3) is 0.176. The Morgan fingerprint density at radius 2 is 2.23 bits per heavy atom. The van der Waals surface area contributed by atoms with Crippen molar-refractivity contribution in [1.82, 2.24) is 4.98 Å². The van der Waals surface area contributed by atoms with Gasteiger partial charge in [-0.05, 0) is 30.7 Å². The van der Waals surface area contributed by atoms with Crippen LogP contribution in [-0.2, 0) is 9.53 Å². The summed E-state index contributed by atoms with van der Waals surface area (Å²) < 4.78 is 16.1. The monoisotopic (exact) mass is 297 g/mol. The average Bonchev–Trinajstić information content (AvgIpc) is 2.92. The first kappa shape index (κ1) is 14.1. The van der Waals surface area contributed by atoms with Gasteiger partial charge in [0, 0.05) is 29.2 Å². The second-order valence-corrected chi connectivity index (χ2v) is 4.62. The molecule has 0 N–H and O–H groups in total. The minimum atomic E-state index is -0.377. The zero-order chi connectivity index (χ0) is 15.5. The predicted molar refractivity (Wildman–Crippen MR) is 83.7 cm³/mol. The largest absolute Gasteiger partial charge is 0.493 e. The number of ether oxygens (including phenoxy) is 2. The number of benzene rings is 1. The molecule has 3 aromatic rings. The number of fused-ring (bicyclic) bond motifs is 3. The Kier molecular flexibility index (Phi) is 3.78. The molecular formula is C17H15NO4. The summed E-state index contributed by atoms with van der Waals surface area (Å²) in [5.41, 5.74) is 2.20. The van der Waals surface area contributed by atoms with Gasteiger partial charge in [-0.3, -0.25) is 4.98 Å². The smallest absolute Gasteiger partial charge is 0.330 e. The van der Waals surface area contributed by atoms with Crippen molar-refractivity contribution < 1.29 is 18.7 Å². The van der Waals surface area contributed by atoms with E-state index in [-0.39, 0.29) is 5.97 Å². The Balaban J connectivity index is 2.20. The van der Waals surface area contributed by atoms with Crippen molar-refractivity contribution in [3.63, 3.8) is 0 Å². The Morgan fingerprint density at radius 3 is 3.00 bits per heavy atom. The molecule has 0 radical (unpaired) electrons. The highest BCUT2D eigenvalue weighted by molar-refractivity contribution is 6.11. The van der Waals surface area contributed by atoms with E-state index in [0.717, 1.165) is 21.9 Å². The first-order valence-electron chi connectivity index (χ1n) is 6.92. The van der Waals surface area contributed by atoms with Crippen molar-refractivity contribution in [3.8, 4) is 5.75 Å². The maximum absolute atomic E-state index is 11.5. The van der Waals surface area contributed by atoms with E-state index in [4.69, 9.17) is 13.9 Å². The third-order valence-corrected chi connectivity index (χ3v) is 3.32. The van der Waals surface area contributed by atoms with Gasteiger partial charge in [-0.25, -0.2) is 4.79 Å². The van der Waals surface area contributed by atoms with Crippen LogP contribution in [0.1, 0.15) is 12.5 Å². The van der Waals surface area contributed by atoms with Crippen LogP contribution in [0.2, 0.25) is 0 Å². The van der Waals surface area contributed by atoms with Crippen molar-refractivity contribution >= 4 is 34.0 Å². The van der Waals surface area contributed by atoms with E-state index in [2.05, 4.69) is 4.98 Å². The molecule has 22 heavy (non-hydrogen) atoms. The van der Waals surface area contributed by atoms with Crippen molar-refractivity contribution in [1.29, 1.82) is 0 Å². The van der Waals surface area contributed by atoms with Gasteiger partial charge in [0.15, 0.2) is 11.3 Å². The summed E-state index contributed by atoms with van der Waals surface area (Å²) in [4.78, 5) is 15.6. The summed E-state index contributed by atoms with van der Waals surface area (Å²) in [5.74, 6) is 0.261. The number of hydrogen-bond acceptors (Lipinski definition) is 5. The summed E-state index contributed by atoms with van der Waals surface area (Å²) in [7, 11) is 1.59. The first-order valence-corrected chi connectivity index (χ1v) is 6.92. The molecule has 2 heterocycles. The zero-order valence-electron chi connectivity index (χ0n) is 12.3. The zero-order valence-corrected chi connectivity index (χ0v) is 12.3. The second kappa shape index (κ2) is 5.89. The van der Waals surface area contributed by atoms with E-state index in [1.165, 1.54) is 6.08 Å². The van der Waals surface area contributed by atoms with Gasteiger partial charge < -0.3 is 13.9 Å². The lowest BCUT2D eigenvalue weighted by Crippen LogP contribution is -1.98. The molecule has 112 valence electrons. The molecule has 0 spiro atoms. The number of carbonyl (C=O) groups excluding carboxylic acids is 1. The molecule has 1 aromatic carbocycles. The molecule has 0 fully saturated rings. The number of furan rings is 1. The van der Waals surface area contributed by atoms with Gasteiger partial charge in [-0.15, -0.1) is 0 Å². The van der Waals surface area contributed by atoms with Crippen LogP contribution in [0.4, 0.5) is 0 Å². The van der Waals surface area contributed by atoms with Crippen LogP contribution in [0, 0.1) is 0 Å². The molecule has 2 aromatic heterocycles. The molecule has 0 aliphatic rings. The van der Waals surface area contributed by atoms with Gasteiger partial charge in [0.25, 0.3) is 0 Å². The van der Waals surface area contributed by atoms with Crippen LogP contribution in [-0.4, -0.2) is 24.7 Å². The second-order valence-electron chi connectivity index (χ2n) is 4.62. The molecule has 0 bridgehead atoms. The Hall–Kier alpha value is -2.82. The fourth-order valence-electron chi connectivity index (χ4n) is 2.37. The summed E-state index contributed by atoms with van der Waals surface area (Å²) in [6, 6.07) is 5.48. The lowest BCUT2D eigenvalue weighted by atomic mass is 10.1. The third-order valence-electron chi connectivity index (χ3n) is 3.32. The van der Waals surface area contributed by atoms with E-state index in [1.807, 2.05) is 12.1 Å². The SMILES string of the molecule is CCOC(=O)/C=C/c1ccc(OC)c2oc3ccncc3c12. The van der Waals surface area contributed by atoms with Crippen LogP contribution in [0.5, 0.6) is 5.75 Å². The quantitative estimate of drug-likeness (QED) is 0.544. The predicted octanol–water partition coefficient (Wildman–Crippen LogP) is 3.57. The summed E-state index contributed by atoms with van der Waals surface area (Å²) in [6.45, 7) is 2.12. The molecule has 0 aliphatic carbocycles. The maximum Gasteiger partial charge on any atom is 0.330 e. The molecule has 3 rings (SSSR count). The molecule has 5 nitrogen and oxygen atoms in total. The summed E-state index contributed by atoms with van der Waals surface area (Å²) in [5, 5.41) is 1.74. The Bertz CT molecular complexity index is 864. The van der Waals surface area contributed by atoms with Crippen LogP contribution in [0.25, 0.3) is 28.0 Å². The van der Waals surface area contributed by atoms with E-state index < -0.39 is 0 Å². The van der Waals surface area contributed by atoms with Crippen LogP contribution in [0.3, 0.4) is 0 Å². The molecule has 0 unspecified atom stereocenters. The Labute approximate surface area is 127 Å². The van der Waals surface area contributed by atoms with Gasteiger partial charge in [0.05, 0.1) is 13.7 Å². The fourth-order valence-corrected chi connectivity index (χ4v) is 2.37. The van der Waals surface area contributed by atoms with Crippen LogP contribution >= 0.6 is 0 Å². The molecule has 0 amide bonds. The van der Waals surface area contributed by atoms with E-state index in [1.54, 1.807) is 38.6 Å². The highest BCUT2D eigenvalue weighted by atomic mass is 16.5. The van der Waals surface area contributed by atoms with Crippen molar-refractivity contribution in [2.75, 3.05) is 13.7 Å². The molecule has 0 saturated heterocycles. The van der Waals surface area contributed by atoms with Crippen molar-refractivity contribution in [3.05, 3.63) is 42.2 Å². The van der Waals surface area contributed by atoms with Crippen molar-refractivity contribution in [2.24, 2.45) is 0 Å². The van der Waals surface area contributed by atoms with E-state index >= 15 is 0 Å². The average molecular weight is 297 g/mol. The minimum Gasteiger partial charge on any atom is -0.493 e. The van der Waals surface area contributed by atoms with E-state index in [0.29, 0.717) is 17.9 Å². The molecular weight excluding hydrogens is 282 g/mol. The van der Waals surface area contributed by atoms with Gasteiger partial charge in [-0.2, -0.15) is 0 Å². The number of pyridine rings is 1. The Morgan fingerprint density at radius 1 is 1.36 bits per heavy atom. The molecule has 0 atom stereocenters. The maximum atomic E-state index is 11.5. The number of esters is 1. The third kappa shape index (κ3) is 2.41. The van der Waals surface area contributed by atoms with Crippen LogP contribution in [0.15, 0.2) is 41.1 Å². The van der Waals surface area contributed by atoms with Crippen molar-refractivity contribution in [2.45, 2.75) is 6.92 Å². The highest BCUT2D eigenvalue weighted by Gasteiger charge is 2.14. The molecule has 0 saturated carbocycles. The van der Waals surface area contributed by atoms with E-state index in [9.17, 15) is 4.79 Å². The number of carbonyl (C=O) groups is 1. The lowest BCUT2D eigenvalue weighted by Gasteiger charge is -2.03. The standard InChI is InChI=1S/C17H15NO4/c1-3-21-15(19)7-5-11-4-6-14(20-2)17-16(11)12-10-18-9-8-13(12)22-17/h4-10H,3H2,1-2H3/b7-5+. The number of aromatic nitrogens is 1. The normalized spacial score (nSPS) is 11.4. The van der Waals surface area contributed by atoms with Gasteiger partial charge in [-0.1, -0.05) is 6.07 Å². The van der Waals surface area contributed by atoms with Gasteiger partial charge >= 0.3 is 5.97 Å². The highest BCUT2D eigenvalue weighted by Crippen LogP contribution is 2.37. The van der Waals surface area contributed by atoms with Gasteiger partial charge in [0.1, 0.15) is 5.58 Å². The topological polar surface area (TPSA) is 61.6 Å². The lowest BCUT2D eigenvalue weighted by molar-refractivity contribution is -0.137.